The van der Waals surface area contributed by atoms with Crippen LogP contribution in [0.2, 0.25) is 5.02 Å². The van der Waals surface area contributed by atoms with Gasteiger partial charge in [-0.3, -0.25) is 0 Å². The van der Waals surface area contributed by atoms with Crippen LogP contribution >= 0.6 is 11.6 Å². The first-order valence-corrected chi connectivity index (χ1v) is 8.08. The van der Waals surface area contributed by atoms with Gasteiger partial charge in [0.15, 0.2) is 0 Å². The summed E-state index contributed by atoms with van der Waals surface area (Å²) in [4.78, 5) is 1.58. The van der Waals surface area contributed by atoms with Crippen molar-refractivity contribution in [3.8, 4) is 0 Å². The Morgan fingerprint density at radius 1 is 1.05 bits per heavy atom. The van der Waals surface area contributed by atoms with E-state index in [0.29, 0.717) is 5.92 Å². The monoisotopic (exact) mass is 313 g/mol. The van der Waals surface area contributed by atoms with Crippen LogP contribution < -0.4 is 17.3 Å². The normalized spacial score (nSPS) is 32.2. The van der Waals surface area contributed by atoms with E-state index in [4.69, 9.17) is 11.6 Å². The van der Waals surface area contributed by atoms with Crippen LogP contribution in [0.4, 0.5) is 0 Å². The Hall–Kier alpha value is -0.240. The molecule has 3 aliphatic rings. The first kappa shape index (κ1) is 16.1. The number of quaternary nitrogens is 1. The highest BCUT2D eigenvalue weighted by Gasteiger charge is 2.45. The number of benzene rings is 1. The third kappa shape index (κ3) is 3.00. The Balaban J connectivity index is 0.00000147. The summed E-state index contributed by atoms with van der Waals surface area (Å²) in [6.07, 6.45) is 5.73. The minimum atomic E-state index is 0. The fourth-order valence-electron chi connectivity index (χ4n) is 4.57. The van der Waals surface area contributed by atoms with Gasteiger partial charge in [0.25, 0.3) is 0 Å². The lowest BCUT2D eigenvalue weighted by Gasteiger charge is -2.49. The number of rotatable bonds is 3. The predicted molar refractivity (Wildman–Crippen MR) is 80.8 cm³/mol. The third-order valence-electron chi connectivity index (χ3n) is 5.30. The second kappa shape index (κ2) is 6.68. The van der Waals surface area contributed by atoms with Gasteiger partial charge in [0, 0.05) is 10.9 Å². The molecule has 1 aromatic carbocycles. The predicted octanol–water partition coefficient (Wildman–Crippen LogP) is 0.00830. The molecule has 2 unspecified atom stereocenters. The third-order valence-corrected chi connectivity index (χ3v) is 5.64. The van der Waals surface area contributed by atoms with E-state index in [-0.39, 0.29) is 12.4 Å². The molecule has 2 atom stereocenters. The van der Waals surface area contributed by atoms with Crippen molar-refractivity contribution in [2.45, 2.75) is 31.6 Å². The SMILES string of the molecule is C[NH+](C)CC1C2CCC(CC2)C1c1ccccc1Cl.[Cl-]. The molecule has 0 aliphatic heterocycles. The zero-order valence-corrected chi connectivity index (χ0v) is 13.9. The zero-order chi connectivity index (χ0) is 13.4. The summed E-state index contributed by atoms with van der Waals surface area (Å²) in [5, 5.41) is 0.985. The van der Waals surface area contributed by atoms with Gasteiger partial charge < -0.3 is 17.3 Å². The number of halogens is 2. The van der Waals surface area contributed by atoms with Crippen LogP contribution in [-0.4, -0.2) is 20.6 Å². The molecule has 0 radical (unpaired) electrons. The maximum atomic E-state index is 6.49. The topological polar surface area (TPSA) is 4.44 Å². The van der Waals surface area contributed by atoms with Crippen LogP contribution in [0, 0.1) is 17.8 Å². The first-order valence-electron chi connectivity index (χ1n) is 7.70. The molecule has 3 aliphatic carbocycles. The van der Waals surface area contributed by atoms with Gasteiger partial charge in [-0.1, -0.05) is 29.8 Å². The van der Waals surface area contributed by atoms with Gasteiger partial charge >= 0.3 is 0 Å². The van der Waals surface area contributed by atoms with Crippen molar-refractivity contribution in [2.75, 3.05) is 20.6 Å². The van der Waals surface area contributed by atoms with Crippen molar-refractivity contribution in [3.63, 3.8) is 0 Å². The molecule has 1 N–H and O–H groups in total. The Kier molecular flexibility index (Phi) is 5.39. The van der Waals surface area contributed by atoms with Crippen molar-refractivity contribution in [1.82, 2.24) is 0 Å². The molecule has 4 rings (SSSR count). The molecule has 1 nitrogen and oxygen atoms in total. The van der Waals surface area contributed by atoms with Crippen molar-refractivity contribution in [1.29, 1.82) is 0 Å². The molecule has 0 spiro atoms. The van der Waals surface area contributed by atoms with Crippen LogP contribution in [0.3, 0.4) is 0 Å². The molecule has 0 amide bonds. The molecule has 0 heterocycles. The fourth-order valence-corrected chi connectivity index (χ4v) is 4.83. The van der Waals surface area contributed by atoms with Gasteiger partial charge in [-0.25, -0.2) is 0 Å². The van der Waals surface area contributed by atoms with E-state index in [9.17, 15) is 0 Å². The molecular formula is C17H25Cl2N. The van der Waals surface area contributed by atoms with Crippen LogP contribution in [0.1, 0.15) is 37.2 Å². The maximum Gasteiger partial charge on any atom is 0.0804 e. The molecule has 2 bridgehead atoms. The van der Waals surface area contributed by atoms with E-state index in [1.165, 1.54) is 37.8 Å². The van der Waals surface area contributed by atoms with Crippen LogP contribution in [-0.2, 0) is 0 Å². The van der Waals surface area contributed by atoms with Crippen LogP contribution in [0.15, 0.2) is 24.3 Å². The molecular weight excluding hydrogens is 289 g/mol. The standard InChI is InChI=1S/C17H24ClN.ClH/c1-19(2)11-15-12-7-9-13(10-8-12)17(15)14-5-3-4-6-16(14)18;/h3-6,12-13,15,17H,7-11H2,1-2H3;1H. The summed E-state index contributed by atoms with van der Waals surface area (Å²) >= 11 is 6.49. The van der Waals surface area contributed by atoms with Crippen molar-refractivity contribution >= 4 is 11.6 Å². The van der Waals surface area contributed by atoms with Gasteiger partial charge in [-0.2, -0.15) is 0 Å². The molecule has 0 aromatic heterocycles. The Morgan fingerprint density at radius 3 is 2.25 bits per heavy atom. The summed E-state index contributed by atoms with van der Waals surface area (Å²) in [5.74, 6) is 3.34. The lowest BCUT2D eigenvalue weighted by molar-refractivity contribution is -0.863. The van der Waals surface area contributed by atoms with Crippen LogP contribution in [0.5, 0.6) is 0 Å². The molecule has 3 fully saturated rings. The number of nitrogens with one attached hydrogen (secondary N) is 1. The number of fused-ring (bicyclic) bond motifs is 3. The van der Waals surface area contributed by atoms with Crippen LogP contribution in [0.25, 0.3) is 0 Å². The van der Waals surface area contributed by atoms with Crippen molar-refractivity contribution in [3.05, 3.63) is 34.9 Å². The highest BCUT2D eigenvalue weighted by Crippen LogP contribution is 2.53. The summed E-state index contributed by atoms with van der Waals surface area (Å²) in [5.41, 5.74) is 1.42. The van der Waals surface area contributed by atoms with E-state index in [2.05, 4.69) is 38.4 Å². The summed E-state index contributed by atoms with van der Waals surface area (Å²) < 4.78 is 0. The minimum absolute atomic E-state index is 0. The average Bonchev–Trinajstić information content (AvgIpc) is 2.40. The first-order chi connectivity index (χ1) is 9.16. The lowest BCUT2D eigenvalue weighted by atomic mass is 9.57. The molecule has 3 heteroatoms. The Labute approximate surface area is 134 Å². The average molecular weight is 314 g/mol. The second-order valence-electron chi connectivity index (χ2n) is 6.80. The van der Waals surface area contributed by atoms with E-state index >= 15 is 0 Å². The Bertz CT molecular complexity index is 438. The quantitative estimate of drug-likeness (QED) is 0.802. The molecule has 1 aromatic rings. The van der Waals surface area contributed by atoms with E-state index in [1.807, 2.05) is 0 Å². The summed E-state index contributed by atoms with van der Waals surface area (Å²) in [6, 6.07) is 8.55. The lowest BCUT2D eigenvalue weighted by Crippen LogP contribution is -3.06. The number of hydrogen-bond donors (Lipinski definition) is 1. The van der Waals surface area contributed by atoms with Gasteiger partial charge in [0.2, 0.25) is 0 Å². The maximum absolute atomic E-state index is 6.49. The molecule has 0 saturated heterocycles. The highest BCUT2D eigenvalue weighted by atomic mass is 35.5. The highest BCUT2D eigenvalue weighted by molar-refractivity contribution is 6.31. The van der Waals surface area contributed by atoms with E-state index < -0.39 is 0 Å². The van der Waals surface area contributed by atoms with E-state index in [0.717, 1.165) is 22.8 Å². The van der Waals surface area contributed by atoms with Gasteiger partial charge in [-0.15, -0.1) is 0 Å². The number of hydrogen-bond acceptors (Lipinski definition) is 0. The van der Waals surface area contributed by atoms with Crippen molar-refractivity contribution < 1.29 is 17.3 Å². The fraction of sp³-hybridized carbons (Fsp3) is 0.647. The van der Waals surface area contributed by atoms with Crippen molar-refractivity contribution in [2.24, 2.45) is 17.8 Å². The molecule has 20 heavy (non-hydrogen) atoms. The smallest absolute Gasteiger partial charge is 0.0804 e. The Morgan fingerprint density at radius 2 is 1.65 bits per heavy atom. The van der Waals surface area contributed by atoms with Gasteiger partial charge in [-0.05, 0) is 55.1 Å². The van der Waals surface area contributed by atoms with E-state index in [1.54, 1.807) is 4.90 Å². The van der Waals surface area contributed by atoms with Gasteiger partial charge in [0.1, 0.15) is 0 Å². The van der Waals surface area contributed by atoms with Gasteiger partial charge in [0.05, 0.1) is 20.6 Å². The summed E-state index contributed by atoms with van der Waals surface area (Å²) in [7, 11) is 4.57. The summed E-state index contributed by atoms with van der Waals surface area (Å²) in [6.45, 7) is 1.29. The minimum Gasteiger partial charge on any atom is -1.00 e. The largest absolute Gasteiger partial charge is 1.00 e. The molecule has 112 valence electrons. The second-order valence-corrected chi connectivity index (χ2v) is 7.20. The molecule has 3 saturated carbocycles. The zero-order valence-electron chi connectivity index (χ0n) is 12.4.